The number of nitrogens with one attached hydrogen (secondary N) is 1. The minimum absolute atomic E-state index is 0.0237. The fraction of sp³-hybridized carbons (Fsp3) is 0.235. The van der Waals surface area contributed by atoms with Gasteiger partial charge < -0.3 is 10.1 Å². The Morgan fingerprint density at radius 2 is 1.95 bits per heavy atom. The van der Waals surface area contributed by atoms with Crippen LogP contribution in [0, 0.1) is 19.7 Å². The molecule has 0 atom stereocenters. The molecule has 116 valence electrons. The van der Waals surface area contributed by atoms with Gasteiger partial charge in [-0.25, -0.2) is 4.39 Å². The standard InChI is InChI=1S/C17H17ClFNO2/c1-11-5-3-8-15(12(11)2)22-10-9-16(21)20-14-7-4-6-13(18)17(14)19/h3-8H,9-10H2,1-2H3,(H,20,21). The zero-order valence-corrected chi connectivity index (χ0v) is 13.2. The van der Waals surface area contributed by atoms with Crippen molar-refractivity contribution in [3.63, 3.8) is 0 Å². The van der Waals surface area contributed by atoms with Gasteiger partial charge in [0.25, 0.3) is 0 Å². The molecule has 0 fully saturated rings. The summed E-state index contributed by atoms with van der Waals surface area (Å²) >= 11 is 5.66. The van der Waals surface area contributed by atoms with E-state index in [0.717, 1.165) is 16.9 Å². The van der Waals surface area contributed by atoms with Gasteiger partial charge in [-0.3, -0.25) is 4.79 Å². The molecule has 0 unspecified atom stereocenters. The second kappa shape index (κ2) is 7.27. The molecule has 3 nitrogen and oxygen atoms in total. The van der Waals surface area contributed by atoms with Crippen molar-refractivity contribution in [3.8, 4) is 5.75 Å². The molecular weight excluding hydrogens is 305 g/mol. The zero-order valence-electron chi connectivity index (χ0n) is 12.5. The number of hydrogen-bond donors (Lipinski definition) is 1. The number of aryl methyl sites for hydroxylation is 1. The van der Waals surface area contributed by atoms with Crippen molar-refractivity contribution < 1.29 is 13.9 Å². The lowest BCUT2D eigenvalue weighted by atomic mass is 10.1. The molecule has 1 N–H and O–H groups in total. The molecule has 1 amide bonds. The lowest BCUT2D eigenvalue weighted by Crippen LogP contribution is -2.16. The topological polar surface area (TPSA) is 38.3 Å². The Morgan fingerprint density at radius 1 is 1.23 bits per heavy atom. The van der Waals surface area contributed by atoms with Gasteiger partial charge in [0.2, 0.25) is 5.91 Å². The van der Waals surface area contributed by atoms with Gasteiger partial charge in [0, 0.05) is 0 Å². The van der Waals surface area contributed by atoms with Crippen molar-refractivity contribution in [2.75, 3.05) is 11.9 Å². The summed E-state index contributed by atoms with van der Waals surface area (Å²) in [5.41, 5.74) is 2.25. The number of benzene rings is 2. The quantitative estimate of drug-likeness (QED) is 0.880. The van der Waals surface area contributed by atoms with Crippen LogP contribution in [-0.2, 0) is 4.79 Å². The molecule has 5 heteroatoms. The van der Waals surface area contributed by atoms with E-state index in [1.807, 2.05) is 32.0 Å². The Balaban J connectivity index is 1.88. The van der Waals surface area contributed by atoms with Gasteiger partial charge in [-0.2, -0.15) is 0 Å². The lowest BCUT2D eigenvalue weighted by molar-refractivity contribution is -0.116. The molecule has 0 aliphatic heterocycles. The van der Waals surface area contributed by atoms with Gasteiger partial charge in [-0.1, -0.05) is 29.8 Å². The minimum Gasteiger partial charge on any atom is -0.493 e. The number of carbonyl (C=O) groups excluding carboxylic acids is 1. The highest BCUT2D eigenvalue weighted by atomic mass is 35.5. The third-order valence-corrected chi connectivity index (χ3v) is 3.66. The molecule has 2 rings (SSSR count). The third-order valence-electron chi connectivity index (χ3n) is 3.37. The first-order valence-electron chi connectivity index (χ1n) is 6.92. The summed E-state index contributed by atoms with van der Waals surface area (Å²) in [5.74, 6) is -0.207. The Hall–Kier alpha value is -2.07. The van der Waals surface area contributed by atoms with Crippen molar-refractivity contribution in [2.24, 2.45) is 0 Å². The number of anilines is 1. The second-order valence-corrected chi connectivity index (χ2v) is 5.35. The number of ether oxygens (including phenoxy) is 1. The zero-order chi connectivity index (χ0) is 16.1. The molecule has 0 bridgehead atoms. The highest BCUT2D eigenvalue weighted by molar-refractivity contribution is 6.31. The SMILES string of the molecule is Cc1cccc(OCCC(=O)Nc2cccc(Cl)c2F)c1C. The summed E-state index contributed by atoms with van der Waals surface area (Å²) < 4.78 is 19.3. The molecule has 0 spiro atoms. The third kappa shape index (κ3) is 3.98. The first-order chi connectivity index (χ1) is 10.5. The van der Waals surface area contributed by atoms with Gasteiger partial charge in [-0.15, -0.1) is 0 Å². The van der Waals surface area contributed by atoms with Crippen LogP contribution in [0.15, 0.2) is 36.4 Å². The predicted octanol–water partition coefficient (Wildman–Crippen LogP) is 4.50. The maximum atomic E-state index is 13.7. The summed E-state index contributed by atoms with van der Waals surface area (Å²) in [5, 5.41) is 2.46. The number of rotatable bonds is 5. The van der Waals surface area contributed by atoms with Gasteiger partial charge in [0.05, 0.1) is 23.7 Å². The maximum Gasteiger partial charge on any atom is 0.227 e. The van der Waals surface area contributed by atoms with Crippen molar-refractivity contribution in [3.05, 3.63) is 58.4 Å². The first kappa shape index (κ1) is 16.3. The van der Waals surface area contributed by atoms with Gasteiger partial charge in [0.1, 0.15) is 5.75 Å². The van der Waals surface area contributed by atoms with Crippen LogP contribution in [0.25, 0.3) is 0 Å². The summed E-state index contributed by atoms with van der Waals surface area (Å²) in [6.07, 6.45) is 0.124. The number of halogens is 2. The van der Waals surface area contributed by atoms with Gasteiger partial charge >= 0.3 is 0 Å². The van der Waals surface area contributed by atoms with Crippen LogP contribution in [0.4, 0.5) is 10.1 Å². The molecular formula is C17H17ClFNO2. The molecule has 0 aliphatic rings. The molecule has 0 heterocycles. The van der Waals surface area contributed by atoms with E-state index in [4.69, 9.17) is 16.3 Å². The van der Waals surface area contributed by atoms with E-state index in [9.17, 15) is 9.18 Å². The minimum atomic E-state index is -0.632. The summed E-state index contributed by atoms with van der Waals surface area (Å²) in [6, 6.07) is 10.2. The molecule has 0 aliphatic carbocycles. The average molecular weight is 322 g/mol. The maximum absolute atomic E-state index is 13.7. The van der Waals surface area contributed by atoms with Crippen LogP contribution >= 0.6 is 11.6 Å². The molecule has 0 saturated carbocycles. The molecule has 2 aromatic carbocycles. The Morgan fingerprint density at radius 3 is 2.73 bits per heavy atom. The van der Waals surface area contributed by atoms with E-state index in [1.54, 1.807) is 6.07 Å². The van der Waals surface area contributed by atoms with Crippen LogP contribution in [0.5, 0.6) is 5.75 Å². The van der Waals surface area contributed by atoms with E-state index in [1.165, 1.54) is 12.1 Å². The second-order valence-electron chi connectivity index (χ2n) is 4.95. The van der Waals surface area contributed by atoms with E-state index in [2.05, 4.69) is 5.32 Å². The summed E-state index contributed by atoms with van der Waals surface area (Å²) in [4.78, 5) is 11.8. The van der Waals surface area contributed by atoms with Crippen molar-refractivity contribution >= 4 is 23.2 Å². The molecule has 0 radical (unpaired) electrons. The van der Waals surface area contributed by atoms with E-state index in [0.29, 0.717) is 0 Å². The number of carbonyl (C=O) groups is 1. The largest absolute Gasteiger partial charge is 0.493 e. The predicted molar refractivity (Wildman–Crippen MR) is 86.1 cm³/mol. The van der Waals surface area contributed by atoms with E-state index >= 15 is 0 Å². The normalized spacial score (nSPS) is 10.4. The Bertz CT molecular complexity index is 688. The van der Waals surface area contributed by atoms with Crippen LogP contribution in [-0.4, -0.2) is 12.5 Å². The van der Waals surface area contributed by atoms with Crippen molar-refractivity contribution in [2.45, 2.75) is 20.3 Å². The van der Waals surface area contributed by atoms with Gasteiger partial charge in [-0.05, 0) is 43.2 Å². The van der Waals surface area contributed by atoms with Gasteiger partial charge in [0.15, 0.2) is 5.82 Å². The van der Waals surface area contributed by atoms with Crippen LogP contribution in [0.1, 0.15) is 17.5 Å². The van der Waals surface area contributed by atoms with Crippen molar-refractivity contribution in [1.29, 1.82) is 0 Å². The monoisotopic (exact) mass is 321 g/mol. The summed E-state index contributed by atoms with van der Waals surface area (Å²) in [7, 11) is 0. The lowest BCUT2D eigenvalue weighted by Gasteiger charge is -2.11. The smallest absolute Gasteiger partial charge is 0.227 e. The first-order valence-corrected chi connectivity index (χ1v) is 7.29. The number of hydrogen-bond acceptors (Lipinski definition) is 2. The van der Waals surface area contributed by atoms with Crippen LogP contribution in [0.3, 0.4) is 0 Å². The average Bonchev–Trinajstić information content (AvgIpc) is 2.48. The van der Waals surface area contributed by atoms with E-state index in [-0.39, 0.29) is 29.6 Å². The highest BCUT2D eigenvalue weighted by Gasteiger charge is 2.10. The fourth-order valence-electron chi connectivity index (χ4n) is 1.95. The molecule has 2 aromatic rings. The van der Waals surface area contributed by atoms with Crippen LogP contribution in [0.2, 0.25) is 5.02 Å². The van der Waals surface area contributed by atoms with Crippen molar-refractivity contribution in [1.82, 2.24) is 0 Å². The number of amides is 1. The highest BCUT2D eigenvalue weighted by Crippen LogP contribution is 2.22. The Labute approximate surface area is 134 Å². The van der Waals surface area contributed by atoms with E-state index < -0.39 is 5.82 Å². The Kier molecular flexibility index (Phi) is 5.39. The molecule has 22 heavy (non-hydrogen) atoms. The summed E-state index contributed by atoms with van der Waals surface area (Å²) in [6.45, 7) is 4.18. The fourth-order valence-corrected chi connectivity index (χ4v) is 2.12. The van der Waals surface area contributed by atoms with Crippen LogP contribution < -0.4 is 10.1 Å². The molecule has 0 aromatic heterocycles. The molecule has 0 saturated heterocycles.